The van der Waals surface area contributed by atoms with E-state index in [-0.39, 0.29) is 12.2 Å². The van der Waals surface area contributed by atoms with Crippen LogP contribution in [0.15, 0.2) is 18.2 Å². The SMILES string of the molecule is COc1cccc(CC(O)c2sc(C)nc2C)c1F. The van der Waals surface area contributed by atoms with Crippen LogP contribution in [-0.4, -0.2) is 17.2 Å². The number of benzene rings is 1. The van der Waals surface area contributed by atoms with Crippen LogP contribution in [0.25, 0.3) is 0 Å². The van der Waals surface area contributed by atoms with Crippen molar-refractivity contribution in [1.29, 1.82) is 0 Å². The second-order valence-electron chi connectivity index (χ2n) is 4.34. The van der Waals surface area contributed by atoms with Crippen molar-refractivity contribution >= 4 is 11.3 Å². The Morgan fingerprint density at radius 3 is 2.74 bits per heavy atom. The van der Waals surface area contributed by atoms with Gasteiger partial charge in [0.15, 0.2) is 11.6 Å². The molecule has 0 radical (unpaired) electrons. The number of aromatic nitrogens is 1. The molecule has 0 saturated heterocycles. The molecule has 0 aliphatic carbocycles. The summed E-state index contributed by atoms with van der Waals surface area (Å²) in [6, 6.07) is 4.94. The number of aliphatic hydroxyl groups excluding tert-OH is 1. The largest absolute Gasteiger partial charge is 0.494 e. The summed E-state index contributed by atoms with van der Waals surface area (Å²) >= 11 is 1.44. The molecular weight excluding hydrogens is 265 g/mol. The summed E-state index contributed by atoms with van der Waals surface area (Å²) < 4.78 is 18.9. The molecular formula is C14H16FNO2S. The van der Waals surface area contributed by atoms with Gasteiger partial charge in [0, 0.05) is 6.42 Å². The number of hydrogen-bond acceptors (Lipinski definition) is 4. The average molecular weight is 281 g/mol. The summed E-state index contributed by atoms with van der Waals surface area (Å²) in [5.74, 6) is -0.218. The monoisotopic (exact) mass is 281 g/mol. The molecule has 1 atom stereocenters. The first-order valence-corrected chi connectivity index (χ1v) is 6.78. The summed E-state index contributed by atoms with van der Waals surface area (Å²) in [7, 11) is 1.43. The van der Waals surface area contributed by atoms with Crippen molar-refractivity contribution in [2.45, 2.75) is 26.4 Å². The first-order chi connectivity index (χ1) is 9.02. The molecule has 19 heavy (non-hydrogen) atoms. The minimum absolute atomic E-state index is 0.196. The fraction of sp³-hybridized carbons (Fsp3) is 0.357. The van der Waals surface area contributed by atoms with Gasteiger partial charge < -0.3 is 9.84 Å². The molecule has 1 unspecified atom stereocenters. The number of hydrogen-bond donors (Lipinski definition) is 1. The minimum Gasteiger partial charge on any atom is -0.494 e. The Morgan fingerprint density at radius 2 is 2.16 bits per heavy atom. The summed E-state index contributed by atoms with van der Waals surface area (Å²) in [6.07, 6.45) is -0.529. The lowest BCUT2D eigenvalue weighted by molar-refractivity contribution is 0.179. The van der Waals surface area contributed by atoms with Crippen LogP contribution in [0.3, 0.4) is 0 Å². The number of aryl methyl sites for hydroxylation is 2. The molecule has 102 valence electrons. The maximum absolute atomic E-state index is 14.0. The predicted octanol–water partition coefficient (Wildman–Crippen LogP) is 3.18. The Hall–Kier alpha value is -1.46. The quantitative estimate of drug-likeness (QED) is 0.936. The third-order valence-corrected chi connectivity index (χ3v) is 4.09. The van der Waals surface area contributed by atoms with Gasteiger partial charge in [-0.25, -0.2) is 9.37 Å². The van der Waals surface area contributed by atoms with Crippen LogP contribution >= 0.6 is 11.3 Å². The maximum atomic E-state index is 14.0. The van der Waals surface area contributed by atoms with Crippen molar-refractivity contribution < 1.29 is 14.2 Å². The van der Waals surface area contributed by atoms with Gasteiger partial charge in [0.2, 0.25) is 0 Å². The van der Waals surface area contributed by atoms with Crippen LogP contribution in [-0.2, 0) is 6.42 Å². The van der Waals surface area contributed by atoms with Gasteiger partial charge in [-0.15, -0.1) is 11.3 Å². The van der Waals surface area contributed by atoms with Gasteiger partial charge in [-0.3, -0.25) is 0 Å². The molecule has 1 N–H and O–H groups in total. The smallest absolute Gasteiger partial charge is 0.168 e. The van der Waals surface area contributed by atoms with Crippen molar-refractivity contribution in [3.05, 3.63) is 45.2 Å². The highest BCUT2D eigenvalue weighted by atomic mass is 32.1. The minimum atomic E-state index is -0.743. The highest BCUT2D eigenvalue weighted by molar-refractivity contribution is 7.11. The standard InChI is InChI=1S/C14H16FNO2S/c1-8-14(19-9(2)16-8)11(17)7-10-5-4-6-12(18-3)13(10)15/h4-6,11,17H,7H2,1-3H3. The second-order valence-corrected chi connectivity index (χ2v) is 5.57. The summed E-state index contributed by atoms with van der Waals surface area (Å²) in [5.41, 5.74) is 1.25. The number of nitrogens with zero attached hydrogens (tertiary/aromatic N) is 1. The van der Waals surface area contributed by atoms with Crippen LogP contribution < -0.4 is 4.74 Å². The summed E-state index contributed by atoms with van der Waals surface area (Å²) in [6.45, 7) is 3.74. The van der Waals surface area contributed by atoms with E-state index in [2.05, 4.69) is 4.98 Å². The zero-order valence-electron chi connectivity index (χ0n) is 11.1. The zero-order chi connectivity index (χ0) is 14.0. The van der Waals surface area contributed by atoms with Crippen molar-refractivity contribution in [3.63, 3.8) is 0 Å². The molecule has 5 heteroatoms. The van der Waals surface area contributed by atoms with Gasteiger partial charge in [-0.05, 0) is 25.5 Å². The van der Waals surface area contributed by atoms with E-state index in [1.807, 2.05) is 13.8 Å². The number of halogens is 1. The lowest BCUT2D eigenvalue weighted by Crippen LogP contribution is -2.04. The van der Waals surface area contributed by atoms with Crippen LogP contribution in [0.1, 0.15) is 27.2 Å². The zero-order valence-corrected chi connectivity index (χ0v) is 11.9. The molecule has 1 aromatic carbocycles. The van der Waals surface area contributed by atoms with E-state index in [1.54, 1.807) is 18.2 Å². The van der Waals surface area contributed by atoms with Crippen LogP contribution in [0.5, 0.6) is 5.75 Å². The highest BCUT2D eigenvalue weighted by Gasteiger charge is 2.18. The van der Waals surface area contributed by atoms with E-state index >= 15 is 0 Å². The van der Waals surface area contributed by atoms with Crippen molar-refractivity contribution in [2.24, 2.45) is 0 Å². The topological polar surface area (TPSA) is 42.4 Å². The Labute approximate surface area is 115 Å². The number of aliphatic hydroxyl groups is 1. The molecule has 0 aliphatic rings. The second kappa shape index (κ2) is 5.67. The van der Waals surface area contributed by atoms with E-state index in [9.17, 15) is 9.50 Å². The number of rotatable bonds is 4. The van der Waals surface area contributed by atoms with E-state index in [0.717, 1.165) is 15.6 Å². The van der Waals surface area contributed by atoms with E-state index in [1.165, 1.54) is 18.4 Å². The fourth-order valence-electron chi connectivity index (χ4n) is 2.03. The number of methoxy groups -OCH3 is 1. The average Bonchev–Trinajstić information content (AvgIpc) is 2.71. The van der Waals surface area contributed by atoms with Crippen molar-refractivity contribution in [3.8, 4) is 5.75 Å². The van der Waals surface area contributed by atoms with Crippen LogP contribution in [0.2, 0.25) is 0 Å². The highest BCUT2D eigenvalue weighted by Crippen LogP contribution is 2.29. The Kier molecular flexibility index (Phi) is 4.17. The van der Waals surface area contributed by atoms with E-state index in [0.29, 0.717) is 5.56 Å². The van der Waals surface area contributed by atoms with Gasteiger partial charge in [0.1, 0.15) is 0 Å². The third-order valence-electron chi connectivity index (χ3n) is 2.92. The van der Waals surface area contributed by atoms with Gasteiger partial charge in [-0.1, -0.05) is 12.1 Å². The molecule has 0 fully saturated rings. The number of thiazole rings is 1. The molecule has 3 nitrogen and oxygen atoms in total. The molecule has 0 saturated carbocycles. The summed E-state index contributed by atoms with van der Waals surface area (Å²) in [4.78, 5) is 5.06. The number of ether oxygens (including phenoxy) is 1. The van der Waals surface area contributed by atoms with Crippen LogP contribution in [0.4, 0.5) is 4.39 Å². The molecule has 0 bridgehead atoms. The van der Waals surface area contributed by atoms with Crippen molar-refractivity contribution in [1.82, 2.24) is 4.98 Å². The van der Waals surface area contributed by atoms with Gasteiger partial charge in [0.25, 0.3) is 0 Å². The normalized spacial score (nSPS) is 12.5. The van der Waals surface area contributed by atoms with Gasteiger partial charge >= 0.3 is 0 Å². The molecule has 0 amide bonds. The molecule has 0 aliphatic heterocycles. The Bertz CT molecular complexity index is 583. The Balaban J connectivity index is 2.24. The molecule has 2 aromatic rings. The van der Waals surface area contributed by atoms with Crippen molar-refractivity contribution in [2.75, 3.05) is 7.11 Å². The van der Waals surface area contributed by atoms with Gasteiger partial charge in [-0.2, -0.15) is 0 Å². The van der Waals surface area contributed by atoms with E-state index in [4.69, 9.17) is 4.74 Å². The lowest BCUT2D eigenvalue weighted by atomic mass is 10.1. The molecule has 2 rings (SSSR count). The van der Waals surface area contributed by atoms with E-state index < -0.39 is 11.9 Å². The molecule has 0 spiro atoms. The predicted molar refractivity (Wildman–Crippen MR) is 73.2 cm³/mol. The maximum Gasteiger partial charge on any atom is 0.168 e. The first-order valence-electron chi connectivity index (χ1n) is 5.96. The lowest BCUT2D eigenvalue weighted by Gasteiger charge is -2.11. The molecule has 1 aromatic heterocycles. The Morgan fingerprint density at radius 1 is 1.42 bits per heavy atom. The van der Waals surface area contributed by atoms with Gasteiger partial charge in [0.05, 0.1) is 28.8 Å². The van der Waals surface area contributed by atoms with Crippen LogP contribution in [0, 0.1) is 19.7 Å². The third kappa shape index (κ3) is 2.93. The summed E-state index contributed by atoms with van der Waals surface area (Å²) in [5, 5.41) is 11.1. The first kappa shape index (κ1) is 14.0. The fourth-order valence-corrected chi connectivity index (χ4v) is 2.94. The molecule has 1 heterocycles.